The number of hydrogen-bond acceptors (Lipinski definition) is 3. The Morgan fingerprint density at radius 1 is 1.14 bits per heavy atom. The topological polar surface area (TPSA) is 49.6 Å². The highest BCUT2D eigenvalue weighted by atomic mass is 16.2. The summed E-state index contributed by atoms with van der Waals surface area (Å²) >= 11 is 0. The molecule has 4 heteroatoms. The van der Waals surface area contributed by atoms with Crippen LogP contribution in [0, 0.1) is 11.8 Å². The van der Waals surface area contributed by atoms with Gasteiger partial charge in [-0.15, -0.1) is 0 Å². The van der Waals surface area contributed by atoms with E-state index in [0.717, 1.165) is 52.0 Å². The third kappa shape index (κ3) is 5.95. The van der Waals surface area contributed by atoms with Crippen LogP contribution in [0.5, 0.6) is 0 Å². The zero-order valence-electron chi connectivity index (χ0n) is 14.5. The highest BCUT2D eigenvalue weighted by molar-refractivity contribution is 5.79. The Balaban J connectivity index is 2.64. The maximum absolute atomic E-state index is 12.9. The van der Waals surface area contributed by atoms with Crippen LogP contribution in [-0.4, -0.2) is 54.5 Å². The first-order valence-electron chi connectivity index (χ1n) is 8.76. The Bertz CT molecular complexity index is 302. The van der Waals surface area contributed by atoms with Crippen molar-refractivity contribution in [2.75, 3.05) is 32.7 Å². The van der Waals surface area contributed by atoms with Crippen molar-refractivity contribution in [1.82, 2.24) is 9.80 Å². The molecule has 0 radical (unpaired) electrons. The lowest BCUT2D eigenvalue weighted by Crippen LogP contribution is -2.48. The third-order valence-electron chi connectivity index (χ3n) is 4.61. The Hall–Kier alpha value is -0.610. The Morgan fingerprint density at radius 2 is 1.76 bits per heavy atom. The number of amides is 1. The maximum atomic E-state index is 12.9. The molecule has 1 fully saturated rings. The monoisotopic (exact) mass is 297 g/mol. The molecule has 0 aromatic rings. The largest absolute Gasteiger partial charge is 0.341 e. The van der Waals surface area contributed by atoms with E-state index in [-0.39, 0.29) is 12.0 Å². The average Bonchev–Trinajstić information content (AvgIpc) is 2.46. The van der Waals surface area contributed by atoms with Crippen molar-refractivity contribution in [2.24, 2.45) is 17.6 Å². The average molecular weight is 297 g/mol. The molecule has 1 saturated carbocycles. The van der Waals surface area contributed by atoms with Crippen molar-refractivity contribution in [3.05, 3.63) is 0 Å². The van der Waals surface area contributed by atoms with Crippen molar-refractivity contribution >= 4 is 5.91 Å². The lowest BCUT2D eigenvalue weighted by atomic mass is 9.84. The molecular formula is C17H35N3O. The zero-order chi connectivity index (χ0) is 15.8. The quantitative estimate of drug-likeness (QED) is 0.748. The molecule has 0 spiro atoms. The first-order valence-corrected chi connectivity index (χ1v) is 8.76. The minimum absolute atomic E-state index is 0.0502. The molecule has 2 atom stereocenters. The van der Waals surface area contributed by atoms with E-state index in [9.17, 15) is 4.79 Å². The highest BCUT2D eigenvalue weighted by Crippen LogP contribution is 2.25. The molecule has 0 aliphatic heterocycles. The van der Waals surface area contributed by atoms with Crippen LogP contribution in [-0.2, 0) is 4.79 Å². The molecule has 0 saturated heterocycles. The number of carbonyl (C=O) groups is 1. The summed E-state index contributed by atoms with van der Waals surface area (Å²) in [7, 11) is 0. The van der Waals surface area contributed by atoms with Crippen LogP contribution in [0.15, 0.2) is 0 Å². The molecule has 1 rings (SSSR count). The number of nitrogens with zero attached hydrogens (tertiary/aromatic N) is 2. The summed E-state index contributed by atoms with van der Waals surface area (Å²) in [6.07, 6.45) is 4.30. The molecule has 2 N–H and O–H groups in total. The number of likely N-dealkylation sites (N-methyl/N-ethyl adjacent to an activating group) is 1. The van der Waals surface area contributed by atoms with Crippen molar-refractivity contribution in [3.63, 3.8) is 0 Å². The lowest BCUT2D eigenvalue weighted by molar-refractivity contribution is -0.137. The molecule has 0 bridgehead atoms. The van der Waals surface area contributed by atoms with Crippen LogP contribution in [0.4, 0.5) is 0 Å². The summed E-state index contributed by atoms with van der Waals surface area (Å²) in [5, 5.41) is 0. The Morgan fingerprint density at radius 3 is 2.29 bits per heavy atom. The lowest BCUT2D eigenvalue weighted by Gasteiger charge is -2.34. The molecule has 1 aliphatic carbocycles. The van der Waals surface area contributed by atoms with Gasteiger partial charge in [-0.3, -0.25) is 4.79 Å². The predicted molar refractivity (Wildman–Crippen MR) is 89.1 cm³/mol. The van der Waals surface area contributed by atoms with Gasteiger partial charge in [0.25, 0.3) is 0 Å². The van der Waals surface area contributed by atoms with Gasteiger partial charge in [0.2, 0.25) is 5.91 Å². The Labute approximate surface area is 131 Å². The van der Waals surface area contributed by atoms with Crippen LogP contribution in [0.25, 0.3) is 0 Å². The fourth-order valence-electron chi connectivity index (χ4n) is 3.23. The SMILES string of the molecule is CCN(CC)CCN(CC(C)C)C(=O)C1CCCCC1N. The highest BCUT2D eigenvalue weighted by Gasteiger charge is 2.31. The second-order valence-electron chi connectivity index (χ2n) is 6.76. The smallest absolute Gasteiger partial charge is 0.227 e. The van der Waals surface area contributed by atoms with E-state index >= 15 is 0 Å². The molecule has 0 aromatic heterocycles. The van der Waals surface area contributed by atoms with Crippen LogP contribution >= 0.6 is 0 Å². The van der Waals surface area contributed by atoms with Gasteiger partial charge in [0.05, 0.1) is 5.92 Å². The van der Waals surface area contributed by atoms with Gasteiger partial charge >= 0.3 is 0 Å². The summed E-state index contributed by atoms with van der Waals surface area (Å²) in [5.41, 5.74) is 6.20. The van der Waals surface area contributed by atoms with E-state index in [4.69, 9.17) is 5.73 Å². The summed E-state index contributed by atoms with van der Waals surface area (Å²) in [6, 6.07) is 0.0642. The fourth-order valence-corrected chi connectivity index (χ4v) is 3.23. The number of nitrogens with two attached hydrogens (primary N) is 1. The second-order valence-corrected chi connectivity index (χ2v) is 6.76. The molecule has 124 valence electrons. The van der Waals surface area contributed by atoms with Crippen molar-refractivity contribution in [3.8, 4) is 0 Å². The first-order chi connectivity index (χ1) is 9.99. The normalized spacial score (nSPS) is 22.8. The summed E-state index contributed by atoms with van der Waals surface area (Å²) in [6.45, 7) is 13.5. The maximum Gasteiger partial charge on any atom is 0.227 e. The van der Waals surface area contributed by atoms with E-state index in [0.29, 0.717) is 11.8 Å². The number of rotatable bonds is 8. The van der Waals surface area contributed by atoms with Gasteiger partial charge < -0.3 is 15.5 Å². The molecule has 0 aromatic carbocycles. The van der Waals surface area contributed by atoms with E-state index in [2.05, 4.69) is 37.5 Å². The van der Waals surface area contributed by atoms with Crippen molar-refractivity contribution in [1.29, 1.82) is 0 Å². The van der Waals surface area contributed by atoms with Crippen LogP contribution in [0.1, 0.15) is 53.4 Å². The van der Waals surface area contributed by atoms with Crippen LogP contribution in [0.2, 0.25) is 0 Å². The van der Waals surface area contributed by atoms with Crippen molar-refractivity contribution < 1.29 is 4.79 Å². The van der Waals surface area contributed by atoms with E-state index in [1.165, 1.54) is 6.42 Å². The number of carbonyl (C=O) groups excluding carboxylic acids is 1. The minimum Gasteiger partial charge on any atom is -0.341 e. The second kappa shape index (κ2) is 9.42. The van der Waals surface area contributed by atoms with Gasteiger partial charge in [0.15, 0.2) is 0 Å². The van der Waals surface area contributed by atoms with Crippen LogP contribution in [0.3, 0.4) is 0 Å². The van der Waals surface area contributed by atoms with Gasteiger partial charge in [0, 0.05) is 25.7 Å². The van der Waals surface area contributed by atoms with Crippen LogP contribution < -0.4 is 5.73 Å². The van der Waals surface area contributed by atoms with E-state index in [1.54, 1.807) is 0 Å². The molecule has 21 heavy (non-hydrogen) atoms. The van der Waals surface area contributed by atoms with Gasteiger partial charge in [-0.1, -0.05) is 40.5 Å². The van der Waals surface area contributed by atoms with Gasteiger partial charge in [0.1, 0.15) is 0 Å². The molecule has 0 heterocycles. The molecule has 1 aliphatic rings. The Kier molecular flexibility index (Phi) is 8.27. The van der Waals surface area contributed by atoms with E-state index < -0.39 is 0 Å². The molecule has 2 unspecified atom stereocenters. The first kappa shape index (κ1) is 18.4. The molecule has 1 amide bonds. The minimum atomic E-state index is 0.0502. The van der Waals surface area contributed by atoms with Crippen molar-refractivity contribution in [2.45, 2.75) is 59.4 Å². The van der Waals surface area contributed by atoms with E-state index in [1.807, 2.05) is 0 Å². The molecule has 4 nitrogen and oxygen atoms in total. The standard InChI is InChI=1S/C17H35N3O/c1-5-19(6-2)11-12-20(13-14(3)4)17(21)15-9-7-8-10-16(15)18/h14-16H,5-13,18H2,1-4H3. The third-order valence-corrected chi connectivity index (χ3v) is 4.61. The molecular weight excluding hydrogens is 262 g/mol. The van der Waals surface area contributed by atoms with Gasteiger partial charge in [-0.05, 0) is 31.8 Å². The summed E-state index contributed by atoms with van der Waals surface area (Å²) in [5.74, 6) is 0.850. The number of hydrogen-bond donors (Lipinski definition) is 1. The summed E-state index contributed by atoms with van der Waals surface area (Å²) in [4.78, 5) is 17.3. The van der Waals surface area contributed by atoms with Gasteiger partial charge in [-0.25, -0.2) is 0 Å². The predicted octanol–water partition coefficient (Wildman–Crippen LogP) is 2.33. The summed E-state index contributed by atoms with van der Waals surface area (Å²) < 4.78 is 0. The van der Waals surface area contributed by atoms with Gasteiger partial charge in [-0.2, -0.15) is 0 Å². The fraction of sp³-hybridized carbons (Fsp3) is 0.941. The zero-order valence-corrected chi connectivity index (χ0v) is 14.5.